The third kappa shape index (κ3) is 4.31. The highest BCUT2D eigenvalue weighted by Crippen LogP contribution is 2.53. The van der Waals surface area contributed by atoms with E-state index < -0.39 is 5.54 Å². The molecule has 0 bridgehead atoms. The first-order valence-electron chi connectivity index (χ1n) is 13.7. The molecule has 0 atom stereocenters. The van der Waals surface area contributed by atoms with Crippen molar-refractivity contribution in [2.45, 2.75) is 36.6 Å². The maximum Gasteiger partial charge on any atom is 0.251 e. The number of rotatable bonds is 7. The number of benzene rings is 2. The van der Waals surface area contributed by atoms with Crippen molar-refractivity contribution in [3.8, 4) is 11.3 Å². The van der Waals surface area contributed by atoms with Crippen molar-refractivity contribution in [3.05, 3.63) is 90.0 Å². The average molecular weight is 535 g/mol. The summed E-state index contributed by atoms with van der Waals surface area (Å²) in [4.78, 5) is 26.7. The van der Waals surface area contributed by atoms with Gasteiger partial charge in [-0.3, -0.25) is 9.78 Å². The van der Waals surface area contributed by atoms with Crippen LogP contribution in [0.2, 0.25) is 0 Å². The molecule has 1 aliphatic heterocycles. The van der Waals surface area contributed by atoms with Crippen LogP contribution < -0.4 is 5.32 Å². The Morgan fingerprint density at radius 2 is 1.80 bits per heavy atom. The van der Waals surface area contributed by atoms with Gasteiger partial charge in [0.2, 0.25) is 0 Å². The molecular weight excluding hydrogens is 504 g/mol. The number of aromatic nitrogens is 5. The minimum absolute atomic E-state index is 0.120. The minimum Gasteiger partial charge on any atom is -0.382 e. The second kappa shape index (κ2) is 9.76. The molecule has 0 unspecified atom stereocenters. The van der Waals surface area contributed by atoms with Gasteiger partial charge in [0.25, 0.3) is 11.7 Å². The number of imidazole rings is 1. The number of hydrogen-bond acceptors (Lipinski definition) is 7. The molecule has 5 aromatic rings. The number of amides is 1. The predicted octanol–water partition coefficient (Wildman–Crippen LogP) is 4.34. The number of methoxy groups -OCH3 is 1. The molecule has 0 spiro atoms. The molecule has 202 valence electrons. The van der Waals surface area contributed by atoms with E-state index in [1.54, 1.807) is 13.3 Å². The largest absolute Gasteiger partial charge is 0.382 e. The highest BCUT2D eigenvalue weighted by molar-refractivity contribution is 5.95. The molecule has 1 N–H and O–H groups in total. The highest BCUT2D eigenvalue weighted by Gasteiger charge is 2.48. The Morgan fingerprint density at radius 3 is 2.58 bits per heavy atom. The Balaban J connectivity index is 1.16. The second-order valence-electron chi connectivity index (χ2n) is 10.8. The van der Waals surface area contributed by atoms with Crippen LogP contribution in [-0.2, 0) is 14.9 Å². The van der Waals surface area contributed by atoms with Crippen molar-refractivity contribution in [2.75, 3.05) is 26.9 Å². The van der Waals surface area contributed by atoms with Crippen LogP contribution in [0, 0.1) is 0 Å². The summed E-state index contributed by atoms with van der Waals surface area (Å²) in [6.45, 7) is 1.68. The van der Waals surface area contributed by atoms with E-state index in [0.717, 1.165) is 53.5 Å². The highest BCUT2D eigenvalue weighted by atomic mass is 16.5. The zero-order chi connectivity index (χ0) is 27.2. The van der Waals surface area contributed by atoms with Crippen LogP contribution in [0.25, 0.3) is 27.9 Å². The summed E-state index contributed by atoms with van der Waals surface area (Å²) in [6, 6.07) is 18.0. The van der Waals surface area contributed by atoms with Crippen molar-refractivity contribution < 1.29 is 14.3 Å². The van der Waals surface area contributed by atoms with E-state index in [4.69, 9.17) is 14.6 Å². The quantitative estimate of drug-likeness (QED) is 0.331. The molecule has 0 radical (unpaired) electrons. The molecule has 2 fully saturated rings. The number of carbonyl (C=O) groups excluding carboxylic acids is 1. The van der Waals surface area contributed by atoms with E-state index in [1.807, 2.05) is 47.2 Å². The lowest BCUT2D eigenvalue weighted by Gasteiger charge is -2.37. The van der Waals surface area contributed by atoms with Gasteiger partial charge in [0.05, 0.1) is 35.8 Å². The smallest absolute Gasteiger partial charge is 0.251 e. The maximum atomic E-state index is 13.1. The van der Waals surface area contributed by atoms with Gasteiger partial charge in [-0.05, 0) is 61.6 Å². The lowest BCUT2D eigenvalue weighted by Crippen LogP contribution is -2.55. The van der Waals surface area contributed by atoms with E-state index in [1.165, 1.54) is 5.56 Å². The predicted molar refractivity (Wildman–Crippen MR) is 150 cm³/mol. The lowest BCUT2D eigenvalue weighted by molar-refractivity contribution is 0.00205. The summed E-state index contributed by atoms with van der Waals surface area (Å²) >= 11 is 0. The first-order valence-corrected chi connectivity index (χ1v) is 13.7. The first-order chi connectivity index (χ1) is 19.6. The molecule has 7 rings (SSSR count). The third-order valence-electron chi connectivity index (χ3n) is 8.32. The zero-order valence-electron chi connectivity index (χ0n) is 22.3. The molecule has 40 heavy (non-hydrogen) atoms. The van der Waals surface area contributed by atoms with Gasteiger partial charge in [0.15, 0.2) is 0 Å². The molecule has 1 saturated carbocycles. The molecule has 2 aliphatic rings. The van der Waals surface area contributed by atoms with Crippen LogP contribution in [0.3, 0.4) is 0 Å². The van der Waals surface area contributed by atoms with Crippen molar-refractivity contribution in [3.63, 3.8) is 0 Å². The van der Waals surface area contributed by atoms with E-state index >= 15 is 0 Å². The SMILES string of the molecule is COCC1(NC(=O)c2ccc(-c3cnc4ncc(C5(c6ccc7ncccc7c6)CC5)n4n3)cc2)CCOCC1. The molecule has 1 amide bonds. The van der Waals surface area contributed by atoms with Crippen LogP contribution in [-0.4, -0.2) is 62.9 Å². The Kier molecular flexibility index (Phi) is 6.05. The minimum atomic E-state index is -0.405. The summed E-state index contributed by atoms with van der Waals surface area (Å²) in [5.74, 6) is 0.452. The number of nitrogens with zero attached hydrogens (tertiary/aromatic N) is 5. The fraction of sp³-hybridized carbons (Fsp3) is 0.323. The topological polar surface area (TPSA) is 104 Å². The van der Waals surface area contributed by atoms with Gasteiger partial charge in [-0.25, -0.2) is 9.97 Å². The molecule has 3 aromatic heterocycles. The zero-order valence-corrected chi connectivity index (χ0v) is 22.3. The molecule has 9 heteroatoms. The maximum absolute atomic E-state index is 13.1. The fourth-order valence-electron chi connectivity index (χ4n) is 5.87. The van der Waals surface area contributed by atoms with Gasteiger partial charge in [0, 0.05) is 48.4 Å². The standard InChI is InChI=1S/C31H30N6O3/c1-39-20-30(12-15-40-16-13-30)35-28(38)22-6-4-21(5-7-22)26-18-33-29-34-19-27(37(29)36-26)31(10-11-31)24-8-9-25-23(17-24)3-2-14-32-25/h2-9,14,17-19H,10-13,15-16,20H2,1H3,(H,35,38). The summed E-state index contributed by atoms with van der Waals surface area (Å²) < 4.78 is 12.8. The van der Waals surface area contributed by atoms with E-state index in [2.05, 4.69) is 44.5 Å². The van der Waals surface area contributed by atoms with Crippen molar-refractivity contribution in [1.29, 1.82) is 0 Å². The number of nitrogens with one attached hydrogen (secondary N) is 1. The summed E-state index contributed by atoms with van der Waals surface area (Å²) in [5, 5.41) is 9.28. The number of fused-ring (bicyclic) bond motifs is 2. The average Bonchev–Trinajstić information content (AvgIpc) is 3.69. The molecule has 2 aromatic carbocycles. The number of ether oxygens (including phenoxy) is 2. The summed E-state index contributed by atoms with van der Waals surface area (Å²) in [6.07, 6.45) is 8.96. The second-order valence-corrected chi connectivity index (χ2v) is 10.8. The summed E-state index contributed by atoms with van der Waals surface area (Å²) in [7, 11) is 1.66. The number of carbonyl (C=O) groups is 1. The van der Waals surface area contributed by atoms with Crippen molar-refractivity contribution in [1.82, 2.24) is 29.9 Å². The lowest BCUT2D eigenvalue weighted by atomic mass is 9.90. The van der Waals surface area contributed by atoms with Gasteiger partial charge >= 0.3 is 0 Å². The van der Waals surface area contributed by atoms with Crippen LogP contribution >= 0.6 is 0 Å². The van der Waals surface area contributed by atoms with Crippen molar-refractivity contribution >= 4 is 22.6 Å². The van der Waals surface area contributed by atoms with Crippen molar-refractivity contribution in [2.24, 2.45) is 0 Å². The van der Waals surface area contributed by atoms with Crippen LogP contribution in [0.15, 0.2) is 73.2 Å². The molecular formula is C31H30N6O3. The van der Waals surface area contributed by atoms with Gasteiger partial charge in [-0.2, -0.15) is 9.61 Å². The Labute approximate surface area is 231 Å². The van der Waals surface area contributed by atoms with Gasteiger partial charge in [-0.15, -0.1) is 0 Å². The molecule has 1 saturated heterocycles. The molecule has 1 aliphatic carbocycles. The first kappa shape index (κ1) is 24.8. The Hall–Kier alpha value is -4.21. The Morgan fingerprint density at radius 1 is 1.00 bits per heavy atom. The fourth-order valence-corrected chi connectivity index (χ4v) is 5.87. The van der Waals surface area contributed by atoms with Crippen LogP contribution in [0.4, 0.5) is 0 Å². The third-order valence-corrected chi connectivity index (χ3v) is 8.32. The summed E-state index contributed by atoms with van der Waals surface area (Å²) in [5.41, 5.74) is 4.91. The van der Waals surface area contributed by atoms with E-state index in [-0.39, 0.29) is 11.3 Å². The number of hydrogen-bond donors (Lipinski definition) is 1. The monoisotopic (exact) mass is 534 g/mol. The van der Waals surface area contributed by atoms with Gasteiger partial charge in [0.1, 0.15) is 5.69 Å². The van der Waals surface area contributed by atoms with Gasteiger partial charge in [-0.1, -0.05) is 24.3 Å². The molecule has 9 nitrogen and oxygen atoms in total. The molecule has 4 heterocycles. The van der Waals surface area contributed by atoms with E-state index in [9.17, 15) is 4.79 Å². The van der Waals surface area contributed by atoms with Gasteiger partial charge < -0.3 is 14.8 Å². The normalized spacial score (nSPS) is 17.6. The van der Waals surface area contributed by atoms with E-state index in [0.29, 0.717) is 31.2 Å². The van der Waals surface area contributed by atoms with Crippen LogP contribution in [0.5, 0.6) is 0 Å². The number of pyridine rings is 1. The van der Waals surface area contributed by atoms with Crippen LogP contribution in [0.1, 0.15) is 47.3 Å². The Bertz CT molecular complexity index is 1700.